The first-order valence-electron chi connectivity index (χ1n) is 9.17. The van der Waals surface area contributed by atoms with E-state index in [0.29, 0.717) is 6.42 Å². The predicted octanol–water partition coefficient (Wildman–Crippen LogP) is -2.82. The fourth-order valence-corrected chi connectivity index (χ4v) is 2.38. The second-order valence-corrected chi connectivity index (χ2v) is 7.14. The summed E-state index contributed by atoms with van der Waals surface area (Å²) < 4.78 is 0. The lowest BCUT2D eigenvalue weighted by atomic mass is 10.0. The lowest BCUT2D eigenvalue weighted by Gasteiger charge is -2.25. The Morgan fingerprint density at radius 2 is 1.55 bits per heavy atom. The van der Waals surface area contributed by atoms with Gasteiger partial charge in [0.25, 0.3) is 0 Å². The molecular formula is C17H31N5O7. The highest BCUT2D eigenvalue weighted by Gasteiger charge is 2.31. The van der Waals surface area contributed by atoms with E-state index in [1.165, 1.54) is 6.92 Å². The number of primary amides is 1. The zero-order valence-corrected chi connectivity index (χ0v) is 16.8. The summed E-state index contributed by atoms with van der Waals surface area (Å²) in [5.74, 6) is -4.27. The second-order valence-electron chi connectivity index (χ2n) is 7.14. The Kier molecular flexibility index (Phi) is 11.5. The highest BCUT2D eigenvalue weighted by atomic mass is 16.4. The molecule has 0 aliphatic rings. The average Bonchev–Trinajstić information content (AvgIpc) is 2.59. The van der Waals surface area contributed by atoms with Gasteiger partial charge in [-0.15, -0.1) is 0 Å². The highest BCUT2D eigenvalue weighted by molar-refractivity contribution is 5.94. The number of hydrogen-bond acceptors (Lipinski definition) is 7. The Balaban J connectivity index is 5.24. The molecule has 166 valence electrons. The molecule has 0 spiro atoms. The van der Waals surface area contributed by atoms with Crippen molar-refractivity contribution in [1.29, 1.82) is 0 Å². The first-order chi connectivity index (χ1) is 13.3. The van der Waals surface area contributed by atoms with Gasteiger partial charge >= 0.3 is 5.97 Å². The Bertz CT molecular complexity index is 609. The third kappa shape index (κ3) is 11.0. The molecule has 0 heterocycles. The molecule has 0 aromatic heterocycles. The van der Waals surface area contributed by atoms with Gasteiger partial charge in [-0.3, -0.25) is 24.0 Å². The summed E-state index contributed by atoms with van der Waals surface area (Å²) in [5.41, 5.74) is 10.9. The number of carbonyl (C=O) groups excluding carboxylic acids is 4. The van der Waals surface area contributed by atoms with Gasteiger partial charge in [0.05, 0.1) is 12.1 Å². The minimum Gasteiger partial charge on any atom is -0.480 e. The lowest BCUT2D eigenvalue weighted by molar-refractivity contribution is -0.139. The van der Waals surface area contributed by atoms with E-state index in [2.05, 4.69) is 10.6 Å². The van der Waals surface area contributed by atoms with Crippen LogP contribution in [0.3, 0.4) is 0 Å². The van der Waals surface area contributed by atoms with Gasteiger partial charge in [-0.2, -0.15) is 0 Å². The zero-order chi connectivity index (χ0) is 22.7. The molecule has 0 rings (SSSR count). The molecule has 0 saturated heterocycles. The Labute approximate surface area is 168 Å². The zero-order valence-electron chi connectivity index (χ0n) is 16.8. The highest BCUT2D eigenvalue weighted by Crippen LogP contribution is 2.05. The third-order valence-corrected chi connectivity index (χ3v) is 3.85. The maximum atomic E-state index is 12.6. The van der Waals surface area contributed by atoms with Gasteiger partial charge in [0, 0.05) is 6.42 Å². The van der Waals surface area contributed by atoms with Crippen molar-refractivity contribution in [3.8, 4) is 0 Å². The van der Waals surface area contributed by atoms with Crippen LogP contribution in [0.15, 0.2) is 0 Å². The summed E-state index contributed by atoms with van der Waals surface area (Å²) in [6, 6.07) is -3.59. The number of aliphatic carboxylic acids is 1. The number of hydrogen-bond donors (Lipinski definition) is 7. The van der Waals surface area contributed by atoms with Crippen LogP contribution in [0.1, 0.15) is 40.0 Å². The molecule has 12 heteroatoms. The summed E-state index contributed by atoms with van der Waals surface area (Å²) >= 11 is 0. The van der Waals surface area contributed by atoms with Gasteiger partial charge in [0.2, 0.25) is 23.6 Å². The van der Waals surface area contributed by atoms with Gasteiger partial charge in [0.1, 0.15) is 18.6 Å². The van der Waals surface area contributed by atoms with Crippen LogP contribution < -0.4 is 27.4 Å². The number of carboxylic acids is 1. The van der Waals surface area contributed by atoms with Gasteiger partial charge in [-0.05, 0) is 25.7 Å². The molecule has 4 unspecified atom stereocenters. The van der Waals surface area contributed by atoms with E-state index < -0.39 is 60.4 Å². The van der Waals surface area contributed by atoms with Gasteiger partial charge < -0.3 is 37.6 Å². The van der Waals surface area contributed by atoms with E-state index in [1.807, 2.05) is 19.2 Å². The molecule has 29 heavy (non-hydrogen) atoms. The maximum absolute atomic E-state index is 12.6. The second kappa shape index (κ2) is 12.7. The minimum atomic E-state index is -1.47. The lowest BCUT2D eigenvalue weighted by Crippen LogP contribution is -2.58. The fourth-order valence-electron chi connectivity index (χ4n) is 2.38. The van der Waals surface area contributed by atoms with E-state index in [9.17, 15) is 29.1 Å². The molecule has 0 aliphatic carbocycles. The molecule has 12 nitrogen and oxygen atoms in total. The van der Waals surface area contributed by atoms with Crippen molar-refractivity contribution in [3.05, 3.63) is 0 Å². The average molecular weight is 417 g/mol. The maximum Gasteiger partial charge on any atom is 0.322 e. The quantitative estimate of drug-likeness (QED) is 0.165. The number of rotatable bonds is 13. The van der Waals surface area contributed by atoms with Crippen molar-refractivity contribution in [2.75, 3.05) is 6.54 Å². The van der Waals surface area contributed by atoms with Crippen molar-refractivity contribution in [1.82, 2.24) is 16.0 Å². The fraction of sp³-hybridized carbons (Fsp3) is 0.706. The van der Waals surface area contributed by atoms with E-state index in [4.69, 9.17) is 16.6 Å². The molecule has 4 atom stereocenters. The van der Waals surface area contributed by atoms with Crippen LogP contribution in [0.2, 0.25) is 0 Å². The number of carbonyl (C=O) groups is 5. The number of amides is 4. The van der Waals surface area contributed by atoms with Gasteiger partial charge in [-0.25, -0.2) is 0 Å². The van der Waals surface area contributed by atoms with Crippen LogP contribution in [0.5, 0.6) is 0 Å². The van der Waals surface area contributed by atoms with E-state index in [0.717, 1.165) is 0 Å². The molecule has 4 amide bonds. The van der Waals surface area contributed by atoms with Crippen LogP contribution in [0, 0.1) is 5.92 Å². The molecule has 0 aliphatic heterocycles. The van der Waals surface area contributed by atoms with Crippen LogP contribution in [-0.2, 0) is 24.0 Å². The third-order valence-electron chi connectivity index (χ3n) is 3.85. The minimum absolute atomic E-state index is 0.131. The van der Waals surface area contributed by atoms with Crippen molar-refractivity contribution in [2.45, 2.75) is 64.3 Å². The smallest absolute Gasteiger partial charge is 0.322 e. The Morgan fingerprint density at radius 3 is 2.00 bits per heavy atom. The summed E-state index contributed by atoms with van der Waals surface area (Å²) in [5, 5.41) is 25.1. The van der Waals surface area contributed by atoms with Gasteiger partial charge in [-0.1, -0.05) is 13.8 Å². The summed E-state index contributed by atoms with van der Waals surface area (Å²) in [6.45, 7) is 4.26. The number of nitrogens with one attached hydrogen (secondary N) is 3. The SMILES string of the molecule is CC(C)CC(N)C(=O)NC(CCC(N)=O)C(=O)NC(C(=O)NCC(=O)O)C(C)O. The molecule has 0 aromatic rings. The number of aliphatic hydroxyl groups excluding tert-OH is 1. The summed E-state index contributed by atoms with van der Waals surface area (Å²) in [4.78, 5) is 58.5. The molecule has 0 fully saturated rings. The van der Waals surface area contributed by atoms with E-state index >= 15 is 0 Å². The summed E-state index contributed by atoms with van der Waals surface area (Å²) in [7, 11) is 0. The molecule has 0 radical (unpaired) electrons. The molecule has 9 N–H and O–H groups in total. The van der Waals surface area contributed by atoms with Gasteiger partial charge in [0.15, 0.2) is 0 Å². The topological polar surface area (TPSA) is 214 Å². The van der Waals surface area contributed by atoms with Crippen molar-refractivity contribution in [2.24, 2.45) is 17.4 Å². The summed E-state index contributed by atoms with van der Waals surface area (Å²) in [6.07, 6.45) is -1.36. The standard InChI is InChI=1S/C17H31N5O7/c1-8(2)6-10(18)15(27)21-11(4-5-12(19)24)16(28)22-14(9(3)23)17(29)20-7-13(25)26/h8-11,14,23H,4-7,18H2,1-3H3,(H2,19,24)(H,20,29)(H,21,27)(H,22,28)(H,25,26). The normalized spacial score (nSPS) is 15.0. The monoisotopic (exact) mass is 417 g/mol. The van der Waals surface area contributed by atoms with E-state index in [-0.39, 0.29) is 18.8 Å². The molecular weight excluding hydrogens is 386 g/mol. The van der Waals surface area contributed by atoms with Crippen molar-refractivity contribution < 1.29 is 34.2 Å². The first kappa shape index (κ1) is 26.3. The largest absolute Gasteiger partial charge is 0.480 e. The number of nitrogens with two attached hydrogens (primary N) is 2. The Hall–Kier alpha value is -2.73. The van der Waals surface area contributed by atoms with Crippen molar-refractivity contribution >= 4 is 29.6 Å². The number of aliphatic hydroxyl groups is 1. The van der Waals surface area contributed by atoms with Crippen LogP contribution in [0.4, 0.5) is 0 Å². The van der Waals surface area contributed by atoms with Crippen molar-refractivity contribution in [3.63, 3.8) is 0 Å². The van der Waals surface area contributed by atoms with Crippen LogP contribution in [-0.4, -0.2) is 70.6 Å². The predicted molar refractivity (Wildman–Crippen MR) is 102 cm³/mol. The Morgan fingerprint density at radius 1 is 0.966 bits per heavy atom. The molecule has 0 saturated carbocycles. The first-order valence-corrected chi connectivity index (χ1v) is 9.17. The molecule has 0 aromatic carbocycles. The number of carboxylic acid groups (broad SMARTS) is 1. The van der Waals surface area contributed by atoms with Crippen LogP contribution in [0.25, 0.3) is 0 Å². The molecule has 0 bridgehead atoms. The van der Waals surface area contributed by atoms with E-state index in [1.54, 1.807) is 0 Å². The van der Waals surface area contributed by atoms with Crippen LogP contribution >= 0.6 is 0 Å².